The van der Waals surface area contributed by atoms with Gasteiger partial charge in [0.1, 0.15) is 10.6 Å². The molecule has 3 aromatic rings. The van der Waals surface area contributed by atoms with Crippen LogP contribution >= 0.6 is 27.3 Å². The molecule has 144 valence electrons. The van der Waals surface area contributed by atoms with Crippen molar-refractivity contribution in [3.8, 4) is 0 Å². The summed E-state index contributed by atoms with van der Waals surface area (Å²) in [5, 5.41) is 4.14. The third-order valence-corrected chi connectivity index (χ3v) is 5.68. The maximum atomic E-state index is 12.6. The highest BCUT2D eigenvalue weighted by molar-refractivity contribution is 9.10. The molecule has 0 unspecified atom stereocenters. The average molecular weight is 458 g/mol. The molecule has 6 heteroatoms. The Kier molecular flexibility index (Phi) is 7.01. The number of halogens is 1. The van der Waals surface area contributed by atoms with Crippen molar-refractivity contribution in [2.45, 2.75) is 19.8 Å². The number of carbonyl (C=O) groups is 2. The van der Waals surface area contributed by atoms with E-state index in [-0.39, 0.29) is 5.91 Å². The molecule has 0 fully saturated rings. The predicted molar refractivity (Wildman–Crippen MR) is 119 cm³/mol. The number of unbranched alkanes of at least 4 members (excludes halogenated alkanes) is 1. The van der Waals surface area contributed by atoms with Gasteiger partial charge >= 0.3 is 5.97 Å². The Bertz CT molecular complexity index is 1010. The number of ether oxygens (including phenoxy) is 1. The molecule has 0 saturated heterocycles. The maximum absolute atomic E-state index is 12.6. The van der Waals surface area contributed by atoms with Crippen LogP contribution < -0.4 is 5.32 Å². The van der Waals surface area contributed by atoms with E-state index in [1.807, 2.05) is 55.5 Å². The van der Waals surface area contributed by atoms with E-state index >= 15 is 0 Å². The van der Waals surface area contributed by atoms with Gasteiger partial charge in [-0.25, -0.2) is 4.79 Å². The Morgan fingerprint density at radius 1 is 1.14 bits per heavy atom. The van der Waals surface area contributed by atoms with Gasteiger partial charge in [-0.15, -0.1) is 11.3 Å². The lowest BCUT2D eigenvalue weighted by atomic mass is 10.1. The first-order valence-electron chi connectivity index (χ1n) is 9.01. The number of esters is 1. The van der Waals surface area contributed by atoms with E-state index in [2.05, 4.69) is 21.2 Å². The number of nitrogens with one attached hydrogen (secondary N) is 1. The molecule has 0 aliphatic rings. The van der Waals surface area contributed by atoms with Crippen LogP contribution in [0, 0.1) is 0 Å². The van der Waals surface area contributed by atoms with Crippen molar-refractivity contribution in [3.05, 3.63) is 70.2 Å². The first-order valence-corrected chi connectivity index (χ1v) is 10.6. The molecule has 3 rings (SSSR count). The van der Waals surface area contributed by atoms with Crippen LogP contribution in [0.4, 0.5) is 5.00 Å². The van der Waals surface area contributed by atoms with Crippen molar-refractivity contribution in [2.75, 3.05) is 11.9 Å². The molecule has 0 spiro atoms. The van der Waals surface area contributed by atoms with E-state index < -0.39 is 5.97 Å². The molecule has 0 aliphatic heterocycles. The fourth-order valence-electron chi connectivity index (χ4n) is 2.62. The van der Waals surface area contributed by atoms with Crippen molar-refractivity contribution in [1.82, 2.24) is 0 Å². The number of benzene rings is 2. The molecule has 0 saturated carbocycles. The van der Waals surface area contributed by atoms with Crippen molar-refractivity contribution in [1.29, 1.82) is 0 Å². The predicted octanol–water partition coefficient (Wildman–Crippen LogP) is 6.27. The maximum Gasteiger partial charge on any atom is 0.341 e. The first kappa shape index (κ1) is 20.3. The standard InChI is InChI=1S/C22H20BrNO3S/c1-2-3-14-27-22(26)20-17-6-4-5-7-18(17)28-21(20)24-19(25)13-10-15-8-11-16(23)12-9-15/h4-13H,2-3,14H2,1H3,(H,24,25)/b13-10+. The van der Waals surface area contributed by atoms with E-state index in [1.54, 1.807) is 6.08 Å². The normalized spacial score (nSPS) is 11.1. The van der Waals surface area contributed by atoms with Gasteiger partial charge in [-0.2, -0.15) is 0 Å². The van der Waals surface area contributed by atoms with Crippen LogP contribution in [-0.4, -0.2) is 18.5 Å². The lowest BCUT2D eigenvalue weighted by Gasteiger charge is -2.06. The molecule has 1 heterocycles. The summed E-state index contributed by atoms with van der Waals surface area (Å²) in [5.74, 6) is -0.699. The molecule has 4 nitrogen and oxygen atoms in total. The Morgan fingerprint density at radius 2 is 1.89 bits per heavy atom. The number of thiophene rings is 1. The van der Waals surface area contributed by atoms with Crippen LogP contribution in [0.15, 0.2) is 59.1 Å². The quantitative estimate of drug-likeness (QED) is 0.258. The number of carbonyl (C=O) groups excluding carboxylic acids is 2. The molecule has 28 heavy (non-hydrogen) atoms. The van der Waals surface area contributed by atoms with Gasteiger partial charge in [-0.3, -0.25) is 4.79 Å². The molecular formula is C22H20BrNO3S. The molecule has 1 aromatic heterocycles. The number of hydrogen-bond acceptors (Lipinski definition) is 4. The van der Waals surface area contributed by atoms with Gasteiger partial charge in [0.2, 0.25) is 5.91 Å². The van der Waals surface area contributed by atoms with Crippen molar-refractivity contribution < 1.29 is 14.3 Å². The summed E-state index contributed by atoms with van der Waals surface area (Å²) in [6, 6.07) is 15.2. The third kappa shape index (κ3) is 5.09. The van der Waals surface area contributed by atoms with Gasteiger partial charge in [-0.05, 0) is 36.3 Å². The largest absolute Gasteiger partial charge is 0.462 e. The number of anilines is 1. The van der Waals surface area contributed by atoms with Crippen LogP contribution in [0.25, 0.3) is 16.2 Å². The fourth-order valence-corrected chi connectivity index (χ4v) is 3.97. The summed E-state index contributed by atoms with van der Waals surface area (Å²) in [4.78, 5) is 25.0. The number of hydrogen-bond donors (Lipinski definition) is 1. The van der Waals surface area contributed by atoms with E-state index in [0.717, 1.165) is 33.0 Å². The Hall–Kier alpha value is -2.44. The highest BCUT2D eigenvalue weighted by Gasteiger charge is 2.21. The number of amides is 1. The molecular weight excluding hydrogens is 438 g/mol. The molecule has 0 atom stereocenters. The highest BCUT2D eigenvalue weighted by atomic mass is 79.9. The lowest BCUT2D eigenvalue weighted by molar-refractivity contribution is -0.111. The molecule has 2 aromatic carbocycles. The number of fused-ring (bicyclic) bond motifs is 1. The molecule has 0 aliphatic carbocycles. The van der Waals surface area contributed by atoms with Crippen molar-refractivity contribution >= 4 is 60.3 Å². The van der Waals surface area contributed by atoms with Crippen LogP contribution in [-0.2, 0) is 9.53 Å². The SMILES string of the molecule is CCCCOC(=O)c1c(NC(=O)/C=C/c2ccc(Br)cc2)sc2ccccc12. The summed E-state index contributed by atoms with van der Waals surface area (Å²) in [7, 11) is 0. The minimum atomic E-state index is -0.405. The summed E-state index contributed by atoms with van der Waals surface area (Å²) >= 11 is 4.76. The summed E-state index contributed by atoms with van der Waals surface area (Å²) in [6.45, 7) is 2.41. The minimum Gasteiger partial charge on any atom is -0.462 e. The molecule has 1 N–H and O–H groups in total. The van der Waals surface area contributed by atoms with Crippen molar-refractivity contribution in [2.24, 2.45) is 0 Å². The van der Waals surface area contributed by atoms with E-state index in [1.165, 1.54) is 17.4 Å². The second-order valence-electron chi connectivity index (χ2n) is 6.17. The summed E-state index contributed by atoms with van der Waals surface area (Å²) < 4.78 is 7.30. The fraction of sp³-hybridized carbons (Fsp3) is 0.182. The van der Waals surface area contributed by atoms with Crippen LogP contribution in [0.1, 0.15) is 35.7 Å². The highest BCUT2D eigenvalue weighted by Crippen LogP contribution is 2.36. The summed E-state index contributed by atoms with van der Waals surface area (Å²) in [5.41, 5.74) is 1.33. The zero-order chi connectivity index (χ0) is 19.9. The van der Waals surface area contributed by atoms with E-state index in [4.69, 9.17) is 4.74 Å². The summed E-state index contributed by atoms with van der Waals surface area (Å²) in [6.07, 6.45) is 4.95. The van der Waals surface area contributed by atoms with Crippen LogP contribution in [0.2, 0.25) is 0 Å². The topological polar surface area (TPSA) is 55.4 Å². The van der Waals surface area contributed by atoms with Gasteiger partial charge in [0.25, 0.3) is 0 Å². The van der Waals surface area contributed by atoms with Crippen LogP contribution in [0.3, 0.4) is 0 Å². The smallest absolute Gasteiger partial charge is 0.341 e. The second-order valence-corrected chi connectivity index (χ2v) is 8.13. The van der Waals surface area contributed by atoms with Gasteiger partial charge in [0, 0.05) is 20.6 Å². The average Bonchev–Trinajstić information content (AvgIpc) is 3.05. The van der Waals surface area contributed by atoms with Gasteiger partial charge < -0.3 is 10.1 Å². The van der Waals surface area contributed by atoms with E-state index in [0.29, 0.717) is 17.2 Å². The molecule has 0 radical (unpaired) electrons. The zero-order valence-electron chi connectivity index (χ0n) is 15.4. The minimum absolute atomic E-state index is 0.294. The zero-order valence-corrected chi connectivity index (χ0v) is 17.8. The third-order valence-electron chi connectivity index (χ3n) is 4.06. The second kappa shape index (κ2) is 9.66. The Morgan fingerprint density at radius 3 is 2.64 bits per heavy atom. The van der Waals surface area contributed by atoms with Crippen molar-refractivity contribution in [3.63, 3.8) is 0 Å². The molecule has 0 bridgehead atoms. The Labute approximate surface area is 176 Å². The monoisotopic (exact) mass is 457 g/mol. The van der Waals surface area contributed by atoms with Gasteiger partial charge in [-0.1, -0.05) is 59.6 Å². The lowest BCUT2D eigenvalue weighted by Crippen LogP contribution is -2.12. The van der Waals surface area contributed by atoms with Gasteiger partial charge in [0.05, 0.1) is 6.61 Å². The Balaban J connectivity index is 1.81. The van der Waals surface area contributed by atoms with E-state index in [9.17, 15) is 9.59 Å². The number of rotatable bonds is 7. The first-order chi connectivity index (χ1) is 13.6. The van der Waals surface area contributed by atoms with Gasteiger partial charge in [0.15, 0.2) is 0 Å². The molecule has 1 amide bonds. The van der Waals surface area contributed by atoms with Crippen LogP contribution in [0.5, 0.6) is 0 Å².